The lowest BCUT2D eigenvalue weighted by molar-refractivity contribution is 0.0760. The van der Waals surface area contributed by atoms with Gasteiger partial charge >= 0.3 is 0 Å². The fourth-order valence-electron chi connectivity index (χ4n) is 3.40. The van der Waals surface area contributed by atoms with Crippen LogP contribution in [0, 0.1) is 11.7 Å². The van der Waals surface area contributed by atoms with Gasteiger partial charge in [-0.1, -0.05) is 12.1 Å². The maximum atomic E-state index is 14.4. The fourth-order valence-corrected chi connectivity index (χ4v) is 3.40. The minimum Gasteiger partial charge on any atom is -0.494 e. The molecule has 1 aromatic carbocycles. The molecule has 116 valence electrons. The smallest absolute Gasteiger partial charge is 0.169 e. The molecule has 3 rings (SSSR count). The van der Waals surface area contributed by atoms with Gasteiger partial charge < -0.3 is 10.1 Å². The molecule has 1 heterocycles. The highest BCUT2D eigenvalue weighted by Crippen LogP contribution is 2.41. The van der Waals surface area contributed by atoms with Crippen molar-refractivity contribution in [1.29, 1.82) is 0 Å². The second-order valence-electron chi connectivity index (χ2n) is 6.76. The molecule has 2 fully saturated rings. The number of ether oxygens (including phenoxy) is 1. The lowest BCUT2D eigenvalue weighted by Gasteiger charge is -2.45. The van der Waals surface area contributed by atoms with Gasteiger partial charge in [0.25, 0.3) is 0 Å². The maximum Gasteiger partial charge on any atom is 0.169 e. The van der Waals surface area contributed by atoms with Crippen LogP contribution >= 0.6 is 0 Å². The Morgan fingerprint density at radius 2 is 2.19 bits per heavy atom. The highest BCUT2D eigenvalue weighted by molar-refractivity contribution is 5.31. The van der Waals surface area contributed by atoms with Crippen molar-refractivity contribution in [1.82, 2.24) is 10.2 Å². The van der Waals surface area contributed by atoms with Crippen LogP contribution in [0.15, 0.2) is 18.2 Å². The van der Waals surface area contributed by atoms with Crippen LogP contribution in [0.2, 0.25) is 0 Å². The molecule has 4 heteroatoms. The summed E-state index contributed by atoms with van der Waals surface area (Å²) in [4.78, 5) is 2.40. The summed E-state index contributed by atoms with van der Waals surface area (Å²) in [7, 11) is 1.51. The van der Waals surface area contributed by atoms with Crippen LogP contribution in [0.4, 0.5) is 4.39 Å². The second kappa shape index (κ2) is 5.58. The van der Waals surface area contributed by atoms with Crippen LogP contribution in [0.25, 0.3) is 0 Å². The molecule has 2 atom stereocenters. The average Bonchev–Trinajstić information content (AvgIpc) is 3.30. The number of methoxy groups -OCH3 is 1. The Balaban J connectivity index is 1.76. The Kier molecular flexibility index (Phi) is 3.93. The molecule has 1 aliphatic carbocycles. The third kappa shape index (κ3) is 2.92. The Morgan fingerprint density at radius 3 is 2.86 bits per heavy atom. The summed E-state index contributed by atoms with van der Waals surface area (Å²) >= 11 is 0. The quantitative estimate of drug-likeness (QED) is 0.923. The van der Waals surface area contributed by atoms with Crippen molar-refractivity contribution in [3.05, 3.63) is 29.6 Å². The van der Waals surface area contributed by atoms with Crippen LogP contribution in [-0.2, 0) is 6.54 Å². The number of piperazine rings is 1. The molecule has 1 saturated heterocycles. The zero-order valence-corrected chi connectivity index (χ0v) is 13.2. The van der Waals surface area contributed by atoms with E-state index in [1.165, 1.54) is 20.0 Å². The summed E-state index contributed by atoms with van der Waals surface area (Å²) in [6.07, 6.45) is 2.64. The molecule has 1 saturated carbocycles. The first-order chi connectivity index (χ1) is 10.0. The molecule has 3 nitrogen and oxygen atoms in total. The van der Waals surface area contributed by atoms with Gasteiger partial charge in [-0.25, -0.2) is 4.39 Å². The van der Waals surface area contributed by atoms with Gasteiger partial charge in [-0.3, -0.25) is 4.90 Å². The SMILES string of the molecule is COc1cccc(CN2CC(C)(C3CC3)NCC2C)c1F. The molecule has 0 bridgehead atoms. The van der Waals surface area contributed by atoms with E-state index in [2.05, 4.69) is 24.1 Å². The van der Waals surface area contributed by atoms with Gasteiger partial charge in [-0.05, 0) is 38.7 Å². The van der Waals surface area contributed by atoms with Gasteiger partial charge in [-0.2, -0.15) is 0 Å². The predicted molar refractivity (Wildman–Crippen MR) is 82.0 cm³/mol. The molecule has 2 aliphatic rings. The summed E-state index contributed by atoms with van der Waals surface area (Å²) in [5.74, 6) is 0.891. The third-order valence-electron chi connectivity index (χ3n) is 5.07. The predicted octanol–water partition coefficient (Wildman–Crippen LogP) is 2.80. The van der Waals surface area contributed by atoms with Crippen molar-refractivity contribution in [3.8, 4) is 5.75 Å². The average molecular weight is 292 g/mol. The summed E-state index contributed by atoms with van der Waals surface area (Å²) in [6, 6.07) is 5.82. The first kappa shape index (κ1) is 14.8. The largest absolute Gasteiger partial charge is 0.494 e. The summed E-state index contributed by atoms with van der Waals surface area (Å²) in [6.45, 7) is 7.12. The number of halogens is 1. The van der Waals surface area contributed by atoms with E-state index in [0.717, 1.165) is 24.6 Å². The summed E-state index contributed by atoms with van der Waals surface area (Å²) in [5, 5.41) is 3.70. The van der Waals surface area contributed by atoms with E-state index in [1.54, 1.807) is 6.07 Å². The lowest BCUT2D eigenvalue weighted by Crippen LogP contribution is -2.62. The highest BCUT2D eigenvalue weighted by Gasteiger charge is 2.45. The number of benzene rings is 1. The standard InChI is InChI=1S/C17H25FN2O/c1-12-9-19-17(2,14-7-8-14)11-20(12)10-13-5-4-6-15(21-3)16(13)18/h4-6,12,14,19H,7-11H2,1-3H3. The van der Waals surface area contributed by atoms with Crippen molar-refractivity contribution in [2.45, 2.75) is 44.8 Å². The molecule has 0 amide bonds. The van der Waals surface area contributed by atoms with E-state index in [9.17, 15) is 4.39 Å². The molecular formula is C17H25FN2O. The molecule has 0 aromatic heterocycles. The van der Waals surface area contributed by atoms with E-state index >= 15 is 0 Å². The topological polar surface area (TPSA) is 24.5 Å². The first-order valence-corrected chi connectivity index (χ1v) is 7.84. The van der Waals surface area contributed by atoms with E-state index in [0.29, 0.717) is 18.3 Å². The number of hydrogen-bond acceptors (Lipinski definition) is 3. The van der Waals surface area contributed by atoms with Gasteiger partial charge in [0.15, 0.2) is 11.6 Å². The maximum absolute atomic E-state index is 14.4. The van der Waals surface area contributed by atoms with Crippen molar-refractivity contribution < 1.29 is 9.13 Å². The third-order valence-corrected chi connectivity index (χ3v) is 5.07. The molecule has 1 N–H and O–H groups in total. The monoisotopic (exact) mass is 292 g/mol. The molecule has 1 aromatic rings. The van der Waals surface area contributed by atoms with Gasteiger partial charge in [-0.15, -0.1) is 0 Å². The number of rotatable bonds is 4. The number of nitrogens with zero attached hydrogens (tertiary/aromatic N) is 1. The lowest BCUT2D eigenvalue weighted by atomic mass is 9.91. The normalized spacial score (nSPS) is 30.4. The van der Waals surface area contributed by atoms with Crippen LogP contribution in [0.5, 0.6) is 5.75 Å². The minimum atomic E-state index is -0.223. The van der Waals surface area contributed by atoms with Crippen LogP contribution in [-0.4, -0.2) is 36.7 Å². The fraction of sp³-hybridized carbons (Fsp3) is 0.647. The summed E-state index contributed by atoms with van der Waals surface area (Å²) in [5.41, 5.74) is 0.906. The van der Waals surface area contributed by atoms with Gasteiger partial charge in [0, 0.05) is 36.8 Å². The molecule has 0 spiro atoms. The summed E-state index contributed by atoms with van der Waals surface area (Å²) < 4.78 is 19.4. The Morgan fingerprint density at radius 1 is 1.43 bits per heavy atom. The van der Waals surface area contributed by atoms with E-state index in [-0.39, 0.29) is 11.4 Å². The van der Waals surface area contributed by atoms with Crippen LogP contribution in [0.3, 0.4) is 0 Å². The number of hydrogen-bond donors (Lipinski definition) is 1. The molecule has 0 radical (unpaired) electrons. The van der Waals surface area contributed by atoms with Gasteiger partial charge in [0.2, 0.25) is 0 Å². The van der Waals surface area contributed by atoms with Crippen molar-refractivity contribution in [2.75, 3.05) is 20.2 Å². The van der Waals surface area contributed by atoms with Crippen LogP contribution in [0.1, 0.15) is 32.3 Å². The molecule has 1 aliphatic heterocycles. The zero-order valence-electron chi connectivity index (χ0n) is 13.2. The van der Waals surface area contributed by atoms with E-state index in [1.807, 2.05) is 12.1 Å². The minimum absolute atomic E-state index is 0.182. The Labute approximate surface area is 126 Å². The van der Waals surface area contributed by atoms with E-state index in [4.69, 9.17) is 4.74 Å². The Hall–Kier alpha value is -1.13. The van der Waals surface area contributed by atoms with Gasteiger partial charge in [0.1, 0.15) is 0 Å². The second-order valence-corrected chi connectivity index (χ2v) is 6.76. The molecule has 21 heavy (non-hydrogen) atoms. The molecule has 2 unspecified atom stereocenters. The Bertz CT molecular complexity index is 518. The van der Waals surface area contributed by atoms with E-state index < -0.39 is 0 Å². The zero-order chi connectivity index (χ0) is 15.0. The van der Waals surface area contributed by atoms with Gasteiger partial charge in [0.05, 0.1) is 7.11 Å². The van der Waals surface area contributed by atoms with Crippen molar-refractivity contribution in [3.63, 3.8) is 0 Å². The molecular weight excluding hydrogens is 267 g/mol. The van der Waals surface area contributed by atoms with Crippen LogP contribution < -0.4 is 10.1 Å². The first-order valence-electron chi connectivity index (χ1n) is 7.84. The highest BCUT2D eigenvalue weighted by atomic mass is 19.1. The van der Waals surface area contributed by atoms with Crippen molar-refractivity contribution >= 4 is 0 Å². The van der Waals surface area contributed by atoms with Crippen molar-refractivity contribution in [2.24, 2.45) is 5.92 Å². The number of nitrogens with one attached hydrogen (secondary N) is 1.